The van der Waals surface area contributed by atoms with Crippen LogP contribution >= 0.6 is 34.0 Å². The average molecular weight is 767 g/mol. The maximum absolute atomic E-state index is 4.88. The first-order valence-corrected chi connectivity index (χ1v) is 21.2. The zero-order chi connectivity index (χ0) is 36.7. The van der Waals surface area contributed by atoms with Crippen LogP contribution in [0.1, 0.15) is 0 Å². The summed E-state index contributed by atoms with van der Waals surface area (Å²) >= 11 is 5.50. The van der Waals surface area contributed by atoms with E-state index in [-0.39, 0.29) is 0 Å². The maximum atomic E-state index is 4.88. The number of thiazole rings is 1. The van der Waals surface area contributed by atoms with Gasteiger partial charge < -0.3 is 4.90 Å². The van der Waals surface area contributed by atoms with Gasteiger partial charge >= 0.3 is 0 Å². The summed E-state index contributed by atoms with van der Waals surface area (Å²) < 4.78 is 6.43. The Bertz CT molecular complexity index is 3290. The number of hydrogen-bond donors (Lipinski definition) is 0. The molecule has 0 fully saturated rings. The van der Waals surface area contributed by atoms with E-state index in [1.165, 1.54) is 77.7 Å². The number of aromatic nitrogens is 1. The van der Waals surface area contributed by atoms with E-state index in [9.17, 15) is 0 Å². The molecule has 0 amide bonds. The molecule has 262 valence electrons. The van der Waals surface area contributed by atoms with Crippen LogP contribution in [0.5, 0.6) is 0 Å². The van der Waals surface area contributed by atoms with Gasteiger partial charge in [0.1, 0.15) is 5.01 Å². The van der Waals surface area contributed by atoms with E-state index < -0.39 is 0 Å². The summed E-state index contributed by atoms with van der Waals surface area (Å²) in [5.74, 6) is 0. The molecule has 12 aromatic rings. The number of nitrogens with zero attached hydrogens (tertiary/aromatic N) is 2. The monoisotopic (exact) mass is 766 g/mol. The lowest BCUT2D eigenvalue weighted by atomic mass is 10.0. The van der Waals surface area contributed by atoms with Crippen LogP contribution in [-0.2, 0) is 0 Å². The molecule has 0 unspecified atom stereocenters. The van der Waals surface area contributed by atoms with Crippen molar-refractivity contribution in [2.45, 2.75) is 0 Å². The molecule has 5 heteroatoms. The Morgan fingerprint density at radius 1 is 0.339 bits per heavy atom. The third-order valence-electron chi connectivity index (χ3n) is 11.1. The van der Waals surface area contributed by atoms with Crippen molar-refractivity contribution in [1.82, 2.24) is 4.98 Å². The molecule has 3 aromatic heterocycles. The molecule has 0 saturated carbocycles. The van der Waals surface area contributed by atoms with Crippen molar-refractivity contribution in [1.29, 1.82) is 0 Å². The number of hydrogen-bond acceptors (Lipinski definition) is 5. The van der Waals surface area contributed by atoms with Crippen LogP contribution in [0.2, 0.25) is 0 Å². The van der Waals surface area contributed by atoms with Gasteiger partial charge in [0.2, 0.25) is 0 Å². The SMILES string of the molecule is c1ccc2c(c1)ccc1sc3cc(N(c4ccc(-c5ccc(-c6nc7ccccc7s6)cc5)cc4)c4ccc5c(c4)sc4ccc6ccccc6c45)ccc3c12. The molecule has 3 heterocycles. The predicted molar refractivity (Wildman–Crippen MR) is 246 cm³/mol. The first-order valence-electron chi connectivity index (χ1n) is 18.8. The fourth-order valence-corrected chi connectivity index (χ4v) is 11.7. The Morgan fingerprint density at radius 3 is 1.43 bits per heavy atom. The molecule has 0 saturated heterocycles. The van der Waals surface area contributed by atoms with Gasteiger partial charge in [0.15, 0.2) is 0 Å². The highest BCUT2D eigenvalue weighted by Crippen LogP contribution is 2.46. The normalized spacial score (nSPS) is 11.9. The Kier molecular flexibility index (Phi) is 7.18. The first kappa shape index (κ1) is 31.9. The van der Waals surface area contributed by atoms with Gasteiger partial charge in [0.25, 0.3) is 0 Å². The van der Waals surface area contributed by atoms with E-state index in [0.717, 1.165) is 33.1 Å². The molecule has 0 aliphatic heterocycles. The fourth-order valence-electron chi connectivity index (χ4n) is 8.40. The Labute approximate surface area is 334 Å². The Hall–Kier alpha value is -6.37. The van der Waals surface area contributed by atoms with Gasteiger partial charge in [0, 0.05) is 63.0 Å². The summed E-state index contributed by atoms with van der Waals surface area (Å²) in [5, 5.41) is 11.5. The largest absolute Gasteiger partial charge is 0.310 e. The highest BCUT2D eigenvalue weighted by Gasteiger charge is 2.18. The second-order valence-electron chi connectivity index (χ2n) is 14.3. The van der Waals surface area contributed by atoms with Crippen LogP contribution in [0.4, 0.5) is 17.1 Å². The summed E-state index contributed by atoms with van der Waals surface area (Å²) in [7, 11) is 0. The number of anilines is 3. The van der Waals surface area contributed by atoms with Crippen molar-refractivity contribution in [3.8, 4) is 21.7 Å². The fraction of sp³-hybridized carbons (Fsp3) is 0. The second-order valence-corrected chi connectivity index (χ2v) is 17.5. The third kappa shape index (κ3) is 5.09. The van der Waals surface area contributed by atoms with Crippen LogP contribution in [0.25, 0.3) is 93.8 Å². The molecule has 0 N–H and O–H groups in total. The van der Waals surface area contributed by atoms with Gasteiger partial charge in [-0.2, -0.15) is 0 Å². The lowest BCUT2D eigenvalue weighted by molar-refractivity contribution is 1.30. The van der Waals surface area contributed by atoms with Crippen molar-refractivity contribution in [3.63, 3.8) is 0 Å². The minimum absolute atomic E-state index is 1.05. The summed E-state index contributed by atoms with van der Waals surface area (Å²) in [5.41, 5.74) is 7.98. The minimum atomic E-state index is 1.05. The number of fused-ring (bicyclic) bond motifs is 11. The zero-order valence-corrected chi connectivity index (χ0v) is 32.4. The molecule has 0 aliphatic rings. The molecule has 2 nitrogen and oxygen atoms in total. The van der Waals surface area contributed by atoms with E-state index in [0.29, 0.717) is 0 Å². The van der Waals surface area contributed by atoms with Crippen molar-refractivity contribution in [2.24, 2.45) is 0 Å². The van der Waals surface area contributed by atoms with Crippen molar-refractivity contribution >= 4 is 123 Å². The molecule has 12 rings (SSSR count). The maximum Gasteiger partial charge on any atom is 0.124 e. The van der Waals surface area contributed by atoms with E-state index in [4.69, 9.17) is 4.98 Å². The van der Waals surface area contributed by atoms with Crippen LogP contribution in [0.15, 0.2) is 182 Å². The van der Waals surface area contributed by atoms with Crippen LogP contribution in [-0.4, -0.2) is 4.98 Å². The van der Waals surface area contributed by atoms with Crippen molar-refractivity contribution in [3.05, 3.63) is 182 Å². The van der Waals surface area contributed by atoms with E-state index in [1.807, 2.05) is 28.7 Å². The molecular formula is C51H30N2S3. The van der Waals surface area contributed by atoms with Gasteiger partial charge in [-0.25, -0.2) is 4.98 Å². The molecule has 0 spiro atoms. The summed E-state index contributed by atoms with van der Waals surface area (Å²) in [6.45, 7) is 0. The molecular weight excluding hydrogens is 737 g/mol. The van der Waals surface area contributed by atoms with Gasteiger partial charge in [-0.05, 0) is 93.3 Å². The minimum Gasteiger partial charge on any atom is -0.310 e. The Morgan fingerprint density at radius 2 is 0.839 bits per heavy atom. The lowest BCUT2D eigenvalue weighted by Gasteiger charge is -2.26. The number of thiophene rings is 2. The molecule has 56 heavy (non-hydrogen) atoms. The first-order chi connectivity index (χ1) is 27.7. The van der Waals surface area contributed by atoms with Crippen LogP contribution in [0.3, 0.4) is 0 Å². The molecule has 0 radical (unpaired) electrons. The van der Waals surface area contributed by atoms with Gasteiger partial charge in [-0.15, -0.1) is 34.0 Å². The van der Waals surface area contributed by atoms with Gasteiger partial charge in [-0.3, -0.25) is 0 Å². The van der Waals surface area contributed by atoms with Crippen LogP contribution < -0.4 is 4.90 Å². The second kappa shape index (κ2) is 12.6. The lowest BCUT2D eigenvalue weighted by Crippen LogP contribution is -2.09. The van der Waals surface area contributed by atoms with E-state index in [2.05, 4.69) is 181 Å². The highest BCUT2D eigenvalue weighted by atomic mass is 32.1. The van der Waals surface area contributed by atoms with Gasteiger partial charge in [0.05, 0.1) is 10.2 Å². The molecule has 0 atom stereocenters. The number of rotatable bonds is 5. The van der Waals surface area contributed by atoms with Gasteiger partial charge in [-0.1, -0.05) is 121 Å². The summed E-state index contributed by atoms with van der Waals surface area (Å²) in [6.07, 6.45) is 0. The molecule has 0 bridgehead atoms. The highest BCUT2D eigenvalue weighted by molar-refractivity contribution is 7.26. The van der Waals surface area contributed by atoms with E-state index >= 15 is 0 Å². The summed E-state index contributed by atoms with van der Waals surface area (Å²) in [6, 6.07) is 66.8. The predicted octanol–water partition coefficient (Wildman–Crippen LogP) is 16.1. The molecule has 9 aromatic carbocycles. The quantitative estimate of drug-likeness (QED) is 0.173. The van der Waals surface area contributed by atoms with Crippen molar-refractivity contribution < 1.29 is 0 Å². The van der Waals surface area contributed by atoms with Crippen molar-refractivity contribution in [2.75, 3.05) is 4.90 Å². The Balaban J connectivity index is 0.976. The topological polar surface area (TPSA) is 16.1 Å². The third-order valence-corrected chi connectivity index (χ3v) is 14.4. The van der Waals surface area contributed by atoms with E-state index in [1.54, 1.807) is 11.3 Å². The zero-order valence-electron chi connectivity index (χ0n) is 29.9. The number of benzene rings is 9. The smallest absolute Gasteiger partial charge is 0.124 e. The standard InChI is InChI=1S/C51H30N2S3/c1-3-9-39-33(7-1)19-27-45-49(39)41-25-23-37(29-47(41)54-45)53(38-24-26-42-48(30-38)55-46-28-20-34-8-2-4-10-40(34)50(42)46)36-21-17-32(18-22-36)31-13-15-35(16-14-31)51-52-43-11-5-6-12-44(43)56-51/h1-30H. The number of para-hydroxylation sites is 1. The van der Waals surface area contributed by atoms with Crippen LogP contribution in [0, 0.1) is 0 Å². The average Bonchev–Trinajstić information content (AvgIpc) is 3.97. The molecule has 0 aliphatic carbocycles. The summed E-state index contributed by atoms with van der Waals surface area (Å²) in [4.78, 5) is 7.30.